The van der Waals surface area contributed by atoms with Crippen molar-refractivity contribution in [2.24, 2.45) is 0 Å². The number of hydrogen-bond donors (Lipinski definition) is 0. The fourth-order valence-corrected chi connectivity index (χ4v) is 6.09. The van der Waals surface area contributed by atoms with E-state index in [4.69, 9.17) is 4.74 Å². The topological polar surface area (TPSA) is 53.1 Å². The maximum Gasteiger partial charge on any atom is 0.214 e. The number of benzene rings is 2. The molecule has 0 bridgehead atoms. The number of ether oxygens (including phenoxy) is 1. The van der Waals surface area contributed by atoms with Crippen molar-refractivity contribution >= 4 is 18.4 Å². The SMILES string of the molecule is CCCCCN(C)CCCC.CCc1ccccc1N(C=O)CCC1CC(c2ccc3c(c2)CCO3)CN1CC=O. The van der Waals surface area contributed by atoms with Crippen molar-refractivity contribution in [3.63, 3.8) is 0 Å². The van der Waals surface area contributed by atoms with Crippen molar-refractivity contribution in [2.45, 2.75) is 90.5 Å². The summed E-state index contributed by atoms with van der Waals surface area (Å²) in [5.74, 6) is 1.42. The van der Waals surface area contributed by atoms with Crippen molar-refractivity contribution in [3.8, 4) is 5.75 Å². The molecule has 0 aromatic heterocycles. The molecule has 1 amide bonds. The van der Waals surface area contributed by atoms with Crippen LogP contribution in [0.1, 0.15) is 88.3 Å². The van der Waals surface area contributed by atoms with Gasteiger partial charge in [-0.1, -0.05) is 70.4 Å². The van der Waals surface area contributed by atoms with Crippen molar-refractivity contribution in [3.05, 3.63) is 59.2 Å². The normalized spacial score (nSPS) is 18.0. The van der Waals surface area contributed by atoms with E-state index < -0.39 is 0 Å². The van der Waals surface area contributed by atoms with E-state index in [1.165, 1.54) is 61.9 Å². The molecular weight excluding hydrogens is 510 g/mol. The van der Waals surface area contributed by atoms with Crippen LogP contribution in [0, 0.1) is 0 Å². The summed E-state index contributed by atoms with van der Waals surface area (Å²) < 4.78 is 5.64. The molecule has 0 N–H and O–H groups in total. The van der Waals surface area contributed by atoms with Crippen LogP contribution in [0.5, 0.6) is 5.75 Å². The van der Waals surface area contributed by atoms with Gasteiger partial charge in [-0.25, -0.2) is 0 Å². The molecule has 1 fully saturated rings. The average molecular weight is 564 g/mol. The summed E-state index contributed by atoms with van der Waals surface area (Å²) in [5.41, 5.74) is 4.80. The lowest BCUT2D eigenvalue weighted by atomic mass is 9.93. The Morgan fingerprint density at radius 2 is 1.76 bits per heavy atom. The minimum Gasteiger partial charge on any atom is -0.493 e. The van der Waals surface area contributed by atoms with Gasteiger partial charge in [0.15, 0.2) is 0 Å². The number of para-hydroxylation sites is 1. The lowest BCUT2D eigenvalue weighted by molar-refractivity contribution is -0.109. The molecule has 2 aliphatic rings. The first-order valence-corrected chi connectivity index (χ1v) is 16.0. The van der Waals surface area contributed by atoms with Crippen LogP contribution in [0.2, 0.25) is 0 Å². The van der Waals surface area contributed by atoms with Crippen LogP contribution in [0.25, 0.3) is 0 Å². The molecule has 41 heavy (non-hydrogen) atoms. The van der Waals surface area contributed by atoms with Gasteiger partial charge in [-0.05, 0) is 87.0 Å². The Bertz CT molecular complexity index is 1060. The third-order valence-corrected chi connectivity index (χ3v) is 8.57. The number of hydrogen-bond acceptors (Lipinski definition) is 5. The van der Waals surface area contributed by atoms with Gasteiger partial charge in [0, 0.05) is 31.2 Å². The first kappa shape index (κ1) is 32.8. The zero-order chi connectivity index (χ0) is 29.5. The minimum atomic E-state index is 0.293. The molecule has 4 rings (SSSR count). The van der Waals surface area contributed by atoms with Gasteiger partial charge in [0.05, 0.1) is 13.2 Å². The highest BCUT2D eigenvalue weighted by Crippen LogP contribution is 2.36. The van der Waals surface area contributed by atoms with E-state index in [0.717, 1.165) is 63.0 Å². The number of likely N-dealkylation sites (tertiary alicyclic amines) is 1. The second kappa shape index (κ2) is 18.0. The van der Waals surface area contributed by atoms with Gasteiger partial charge in [-0.15, -0.1) is 0 Å². The van der Waals surface area contributed by atoms with Crippen molar-refractivity contribution in [2.75, 3.05) is 51.3 Å². The van der Waals surface area contributed by atoms with Crippen LogP contribution in [-0.4, -0.2) is 74.9 Å². The lowest BCUT2D eigenvalue weighted by Gasteiger charge is -2.26. The van der Waals surface area contributed by atoms with Gasteiger partial charge >= 0.3 is 0 Å². The van der Waals surface area contributed by atoms with Crippen molar-refractivity contribution in [1.29, 1.82) is 0 Å². The number of unbranched alkanes of at least 4 members (excludes halogenated alkanes) is 3. The number of aldehydes is 1. The minimum absolute atomic E-state index is 0.293. The maximum absolute atomic E-state index is 11.8. The van der Waals surface area contributed by atoms with Crippen molar-refractivity contribution in [1.82, 2.24) is 9.80 Å². The number of carbonyl (C=O) groups is 2. The zero-order valence-electron chi connectivity index (χ0n) is 26.0. The third kappa shape index (κ3) is 9.96. The van der Waals surface area contributed by atoms with E-state index in [2.05, 4.69) is 61.9 Å². The molecule has 226 valence electrons. The summed E-state index contributed by atoms with van der Waals surface area (Å²) in [6, 6.07) is 14.9. The summed E-state index contributed by atoms with van der Waals surface area (Å²) in [5, 5.41) is 0. The van der Waals surface area contributed by atoms with Gasteiger partial charge in [-0.3, -0.25) is 9.69 Å². The molecule has 2 aromatic carbocycles. The second-order valence-electron chi connectivity index (χ2n) is 11.6. The fourth-order valence-electron chi connectivity index (χ4n) is 6.09. The standard InChI is InChI=1S/C25H30N2O3.C10H23N/c1-2-19-5-3-4-6-24(19)27(18-29)11-9-23-16-22(17-26(23)12-13-28)20-7-8-25-21(15-20)10-14-30-25;1-4-6-8-10-11(3)9-7-5-2/h3-8,13,15,18,22-23H,2,9-12,14,16-17H2,1H3;4-10H2,1-3H3. The number of anilines is 1. The van der Waals surface area contributed by atoms with E-state index in [1.807, 2.05) is 23.1 Å². The molecule has 2 aromatic rings. The molecular formula is C35H53N3O3. The maximum atomic E-state index is 11.8. The van der Waals surface area contributed by atoms with E-state index in [-0.39, 0.29) is 0 Å². The molecule has 2 unspecified atom stereocenters. The Morgan fingerprint density at radius 3 is 2.49 bits per heavy atom. The van der Waals surface area contributed by atoms with Gasteiger partial charge in [-0.2, -0.15) is 0 Å². The quantitative estimate of drug-likeness (QED) is 0.172. The van der Waals surface area contributed by atoms with Crippen LogP contribution in [-0.2, 0) is 22.4 Å². The molecule has 6 heteroatoms. The monoisotopic (exact) mass is 563 g/mol. The molecule has 2 heterocycles. The smallest absolute Gasteiger partial charge is 0.214 e. The molecule has 2 aliphatic heterocycles. The highest BCUT2D eigenvalue weighted by molar-refractivity contribution is 5.77. The molecule has 0 aliphatic carbocycles. The highest BCUT2D eigenvalue weighted by atomic mass is 16.5. The van der Waals surface area contributed by atoms with Gasteiger partial charge in [0.1, 0.15) is 12.0 Å². The molecule has 0 spiro atoms. The number of rotatable bonds is 16. The predicted octanol–water partition coefficient (Wildman–Crippen LogP) is 6.50. The largest absolute Gasteiger partial charge is 0.493 e. The first-order chi connectivity index (χ1) is 20.0. The van der Waals surface area contributed by atoms with Crippen LogP contribution in [0.3, 0.4) is 0 Å². The van der Waals surface area contributed by atoms with Crippen LogP contribution < -0.4 is 9.64 Å². The lowest BCUT2D eigenvalue weighted by Crippen LogP contribution is -2.35. The second-order valence-corrected chi connectivity index (χ2v) is 11.6. The summed E-state index contributed by atoms with van der Waals surface area (Å²) in [7, 11) is 2.23. The van der Waals surface area contributed by atoms with E-state index in [9.17, 15) is 9.59 Å². The molecule has 2 atom stereocenters. The molecule has 0 radical (unpaired) electrons. The molecule has 6 nitrogen and oxygen atoms in total. The average Bonchev–Trinajstić information content (AvgIpc) is 3.64. The van der Waals surface area contributed by atoms with E-state index >= 15 is 0 Å². The third-order valence-electron chi connectivity index (χ3n) is 8.57. The predicted molar refractivity (Wildman–Crippen MR) is 170 cm³/mol. The van der Waals surface area contributed by atoms with E-state index in [1.54, 1.807) is 0 Å². The Labute approximate surface area is 249 Å². The number of nitrogens with zero attached hydrogens (tertiary/aromatic N) is 3. The Kier molecular flexibility index (Phi) is 14.4. The summed E-state index contributed by atoms with van der Waals surface area (Å²) in [6.07, 6.45) is 12.4. The van der Waals surface area contributed by atoms with Gasteiger partial charge in [0.25, 0.3) is 0 Å². The Morgan fingerprint density at radius 1 is 0.976 bits per heavy atom. The number of carbonyl (C=O) groups excluding carboxylic acids is 2. The summed E-state index contributed by atoms with van der Waals surface area (Å²) >= 11 is 0. The number of aryl methyl sites for hydroxylation is 1. The Balaban J connectivity index is 0.000000358. The molecule has 0 saturated carbocycles. The highest BCUT2D eigenvalue weighted by Gasteiger charge is 2.33. The number of amides is 1. The van der Waals surface area contributed by atoms with Crippen LogP contribution >= 0.6 is 0 Å². The number of fused-ring (bicyclic) bond motifs is 1. The van der Waals surface area contributed by atoms with E-state index in [0.29, 0.717) is 25.0 Å². The first-order valence-electron chi connectivity index (χ1n) is 16.0. The van der Waals surface area contributed by atoms with Gasteiger partial charge in [0.2, 0.25) is 6.41 Å². The summed E-state index contributed by atoms with van der Waals surface area (Å²) in [4.78, 5) is 29.6. The van der Waals surface area contributed by atoms with Crippen molar-refractivity contribution < 1.29 is 14.3 Å². The Hall–Kier alpha value is -2.70. The zero-order valence-corrected chi connectivity index (χ0v) is 26.0. The molecule has 1 saturated heterocycles. The van der Waals surface area contributed by atoms with Crippen LogP contribution in [0.15, 0.2) is 42.5 Å². The van der Waals surface area contributed by atoms with Gasteiger partial charge < -0.3 is 19.3 Å². The fraction of sp³-hybridized carbons (Fsp3) is 0.600. The van der Waals surface area contributed by atoms with Crippen LogP contribution in [0.4, 0.5) is 5.69 Å². The summed E-state index contributed by atoms with van der Waals surface area (Å²) in [6.45, 7) is 11.9.